The monoisotopic (exact) mass is 244 g/mol. The fourth-order valence-electron chi connectivity index (χ4n) is 1.62. The molecule has 2 rings (SSSR count). The van der Waals surface area contributed by atoms with Gasteiger partial charge < -0.3 is 0 Å². The molecular formula is C11H13ClS2. The topological polar surface area (TPSA) is 0 Å². The molecule has 0 saturated heterocycles. The molecule has 0 aromatic heterocycles. The van der Waals surface area contributed by atoms with Gasteiger partial charge in [0, 0.05) is 27.5 Å². The van der Waals surface area contributed by atoms with E-state index in [9.17, 15) is 0 Å². The largest absolute Gasteiger partial charge is 0.160 e. The van der Waals surface area contributed by atoms with E-state index in [2.05, 4.69) is 24.3 Å². The van der Waals surface area contributed by atoms with Gasteiger partial charge in [-0.15, -0.1) is 23.4 Å². The quantitative estimate of drug-likeness (QED) is 0.586. The number of alkyl halides is 1. The molecule has 0 aliphatic carbocycles. The van der Waals surface area contributed by atoms with Crippen LogP contribution < -0.4 is 0 Å². The highest BCUT2D eigenvalue weighted by Gasteiger charge is 2.20. The van der Waals surface area contributed by atoms with Crippen LogP contribution in [0.5, 0.6) is 0 Å². The first-order valence-electron chi connectivity index (χ1n) is 4.78. The van der Waals surface area contributed by atoms with Gasteiger partial charge in [-0.1, -0.05) is 18.2 Å². The highest BCUT2D eigenvalue weighted by atomic mass is 35.5. The van der Waals surface area contributed by atoms with Crippen molar-refractivity contribution in [1.82, 2.24) is 0 Å². The van der Waals surface area contributed by atoms with Crippen LogP contribution in [0.25, 0.3) is 0 Å². The molecule has 0 bridgehead atoms. The molecule has 1 heterocycles. The van der Waals surface area contributed by atoms with Gasteiger partial charge in [0.1, 0.15) is 0 Å². The molecule has 0 radical (unpaired) electrons. The Labute approximate surface area is 98.8 Å². The fraction of sp³-hybridized carbons (Fsp3) is 0.455. The SMILES string of the molecule is ClCCSCC1Cc2ccccc2S1. The average molecular weight is 245 g/mol. The van der Waals surface area contributed by atoms with Crippen molar-refractivity contribution < 1.29 is 0 Å². The van der Waals surface area contributed by atoms with E-state index in [1.54, 1.807) is 0 Å². The summed E-state index contributed by atoms with van der Waals surface area (Å²) in [5.41, 5.74) is 1.52. The van der Waals surface area contributed by atoms with E-state index in [1.807, 2.05) is 23.5 Å². The Bertz CT molecular complexity index is 276. The zero-order chi connectivity index (χ0) is 9.80. The van der Waals surface area contributed by atoms with Gasteiger partial charge in [0.05, 0.1) is 0 Å². The maximum absolute atomic E-state index is 5.65. The first-order valence-corrected chi connectivity index (χ1v) is 7.35. The van der Waals surface area contributed by atoms with Crippen LogP contribution in [0.3, 0.4) is 0 Å². The molecule has 76 valence electrons. The van der Waals surface area contributed by atoms with E-state index >= 15 is 0 Å². The fourth-order valence-corrected chi connectivity index (χ4v) is 4.24. The molecule has 1 aromatic rings. The molecular weight excluding hydrogens is 232 g/mol. The van der Waals surface area contributed by atoms with E-state index in [-0.39, 0.29) is 0 Å². The number of rotatable bonds is 4. The molecule has 3 heteroatoms. The summed E-state index contributed by atoms with van der Waals surface area (Å²) in [5, 5.41) is 0.764. The smallest absolute Gasteiger partial charge is 0.0314 e. The third-order valence-corrected chi connectivity index (χ3v) is 5.31. The van der Waals surface area contributed by atoms with E-state index < -0.39 is 0 Å². The Morgan fingerprint density at radius 2 is 2.29 bits per heavy atom. The van der Waals surface area contributed by atoms with Gasteiger partial charge in [0.2, 0.25) is 0 Å². The lowest BCUT2D eigenvalue weighted by molar-refractivity contribution is 0.970. The molecule has 0 N–H and O–H groups in total. The van der Waals surface area contributed by atoms with Crippen molar-refractivity contribution in [2.45, 2.75) is 16.6 Å². The lowest BCUT2D eigenvalue weighted by atomic mass is 10.1. The first kappa shape index (κ1) is 10.7. The Kier molecular flexibility index (Phi) is 4.09. The summed E-state index contributed by atoms with van der Waals surface area (Å²) in [5.74, 6) is 3.08. The average Bonchev–Trinajstić information content (AvgIpc) is 2.60. The normalized spacial score (nSPS) is 19.6. The zero-order valence-electron chi connectivity index (χ0n) is 7.91. The van der Waals surface area contributed by atoms with Crippen LogP contribution in [-0.4, -0.2) is 22.6 Å². The minimum Gasteiger partial charge on any atom is -0.160 e. The predicted molar refractivity (Wildman–Crippen MR) is 67.8 cm³/mol. The maximum Gasteiger partial charge on any atom is 0.0314 e. The maximum atomic E-state index is 5.65. The van der Waals surface area contributed by atoms with E-state index in [1.165, 1.54) is 22.6 Å². The van der Waals surface area contributed by atoms with Crippen molar-refractivity contribution in [3.8, 4) is 0 Å². The zero-order valence-corrected chi connectivity index (χ0v) is 10.3. The number of benzene rings is 1. The summed E-state index contributed by atoms with van der Waals surface area (Å²) in [6.45, 7) is 0. The molecule has 1 aromatic carbocycles. The van der Waals surface area contributed by atoms with Gasteiger partial charge in [-0.2, -0.15) is 11.8 Å². The van der Waals surface area contributed by atoms with Crippen molar-refractivity contribution in [3.63, 3.8) is 0 Å². The molecule has 0 nitrogen and oxygen atoms in total. The lowest BCUT2D eigenvalue weighted by Gasteiger charge is -2.06. The molecule has 1 aliphatic heterocycles. The van der Waals surface area contributed by atoms with Crippen LogP contribution in [0.2, 0.25) is 0 Å². The Morgan fingerprint density at radius 1 is 1.43 bits per heavy atom. The third-order valence-electron chi connectivity index (χ3n) is 2.24. The summed E-state index contributed by atoms with van der Waals surface area (Å²) >= 11 is 9.64. The lowest BCUT2D eigenvalue weighted by Crippen LogP contribution is -2.04. The van der Waals surface area contributed by atoms with Crippen LogP contribution >= 0.6 is 35.1 Å². The molecule has 1 atom stereocenters. The van der Waals surface area contributed by atoms with E-state index in [4.69, 9.17) is 11.6 Å². The van der Waals surface area contributed by atoms with Crippen LogP contribution in [0.4, 0.5) is 0 Å². The summed E-state index contributed by atoms with van der Waals surface area (Å²) in [7, 11) is 0. The van der Waals surface area contributed by atoms with Gasteiger partial charge in [-0.3, -0.25) is 0 Å². The molecule has 0 amide bonds. The summed E-state index contributed by atoms with van der Waals surface area (Å²) in [6, 6.07) is 8.73. The Hall–Kier alpha value is 0.210. The number of halogens is 1. The highest BCUT2D eigenvalue weighted by Crippen LogP contribution is 2.37. The molecule has 1 unspecified atom stereocenters. The highest BCUT2D eigenvalue weighted by molar-refractivity contribution is 8.03. The molecule has 1 aliphatic rings. The summed E-state index contributed by atoms with van der Waals surface area (Å²) < 4.78 is 0. The van der Waals surface area contributed by atoms with Crippen LogP contribution in [0.15, 0.2) is 29.2 Å². The minimum absolute atomic E-state index is 0.764. The summed E-state index contributed by atoms with van der Waals surface area (Å²) in [4.78, 5) is 1.48. The van der Waals surface area contributed by atoms with Gasteiger partial charge in [-0.05, 0) is 18.1 Å². The van der Waals surface area contributed by atoms with Gasteiger partial charge in [0.25, 0.3) is 0 Å². The van der Waals surface area contributed by atoms with E-state index in [0.717, 1.165) is 16.9 Å². The molecule has 0 spiro atoms. The number of hydrogen-bond acceptors (Lipinski definition) is 2. The third kappa shape index (κ3) is 2.62. The van der Waals surface area contributed by atoms with Gasteiger partial charge >= 0.3 is 0 Å². The molecule has 0 fully saturated rings. The van der Waals surface area contributed by atoms with Crippen molar-refractivity contribution in [1.29, 1.82) is 0 Å². The van der Waals surface area contributed by atoms with Crippen molar-refractivity contribution in [2.75, 3.05) is 17.4 Å². The first-order chi connectivity index (χ1) is 6.90. The second kappa shape index (κ2) is 5.34. The van der Waals surface area contributed by atoms with Gasteiger partial charge in [0.15, 0.2) is 0 Å². The number of thioether (sulfide) groups is 2. The second-order valence-electron chi connectivity index (χ2n) is 3.32. The van der Waals surface area contributed by atoms with Crippen LogP contribution in [0, 0.1) is 0 Å². The van der Waals surface area contributed by atoms with E-state index in [0.29, 0.717) is 0 Å². The van der Waals surface area contributed by atoms with Gasteiger partial charge in [-0.25, -0.2) is 0 Å². The molecule has 0 saturated carbocycles. The summed E-state index contributed by atoms with van der Waals surface area (Å²) in [6.07, 6.45) is 1.23. The second-order valence-corrected chi connectivity index (χ2v) is 6.19. The molecule has 14 heavy (non-hydrogen) atoms. The van der Waals surface area contributed by atoms with Crippen LogP contribution in [-0.2, 0) is 6.42 Å². The number of hydrogen-bond donors (Lipinski definition) is 0. The standard InChI is InChI=1S/C11H13ClS2/c12-5-6-13-8-10-7-9-3-1-2-4-11(9)14-10/h1-4,10H,5-8H2. The van der Waals surface area contributed by atoms with Crippen molar-refractivity contribution in [3.05, 3.63) is 29.8 Å². The van der Waals surface area contributed by atoms with Crippen molar-refractivity contribution >= 4 is 35.1 Å². The van der Waals surface area contributed by atoms with Crippen LogP contribution in [0.1, 0.15) is 5.56 Å². The Morgan fingerprint density at radius 3 is 3.07 bits per heavy atom. The number of fused-ring (bicyclic) bond motifs is 1. The van der Waals surface area contributed by atoms with Crippen molar-refractivity contribution in [2.24, 2.45) is 0 Å². The predicted octanol–water partition coefficient (Wildman–Crippen LogP) is 3.68. The minimum atomic E-state index is 0.764. The Balaban J connectivity index is 1.86.